The SMILES string of the molecule is c1ccc(N2c3ccccc3B3c4cc5c(cc4N(c4ccccc4)c4cccc2c43)C2(c3ccccc3-5)C3CCC2CC3)cc1. The van der Waals surface area contributed by atoms with Crippen LogP contribution in [0.1, 0.15) is 36.8 Å². The lowest BCUT2D eigenvalue weighted by molar-refractivity contribution is 0.400. The molecular formula is C43H33BN2. The monoisotopic (exact) mass is 588 g/mol. The summed E-state index contributed by atoms with van der Waals surface area (Å²) in [6.07, 6.45) is 5.43. The first-order valence-electron chi connectivity index (χ1n) is 17.0. The molecule has 1 spiro atoms. The van der Waals surface area contributed by atoms with Crippen LogP contribution in [0.5, 0.6) is 0 Å². The van der Waals surface area contributed by atoms with Gasteiger partial charge in [0.05, 0.1) is 0 Å². The van der Waals surface area contributed by atoms with Crippen molar-refractivity contribution < 1.29 is 0 Å². The minimum atomic E-state index is 0.145. The second kappa shape index (κ2) is 9.04. The van der Waals surface area contributed by atoms with Gasteiger partial charge < -0.3 is 9.80 Å². The van der Waals surface area contributed by atoms with Crippen LogP contribution in [0.3, 0.4) is 0 Å². The molecule has 46 heavy (non-hydrogen) atoms. The highest BCUT2D eigenvalue weighted by atomic mass is 15.2. The Kier molecular flexibility index (Phi) is 4.95. The molecule has 2 fully saturated rings. The first-order valence-corrected chi connectivity index (χ1v) is 17.0. The van der Waals surface area contributed by atoms with Crippen molar-refractivity contribution >= 4 is 57.2 Å². The summed E-state index contributed by atoms with van der Waals surface area (Å²) in [5.41, 5.74) is 18.1. The van der Waals surface area contributed by atoms with Gasteiger partial charge in [0.1, 0.15) is 0 Å². The molecule has 6 aromatic carbocycles. The standard InChI is InChI=1S/C43H33BN2/c1-3-12-30(13-4-1)45-38-19-10-9-18-36(38)44-37-26-33-32-16-7-8-17-34(32)43(28-22-23-29(43)25-24-28)35(33)27-41(37)46(31-14-5-2-6-15-31)40-21-11-20-39(45)42(40)44/h1-21,26-29H,22-25H2. The third kappa shape index (κ3) is 3.00. The van der Waals surface area contributed by atoms with Gasteiger partial charge in [0, 0.05) is 39.5 Å². The predicted octanol–water partition coefficient (Wildman–Crippen LogP) is 8.86. The number of benzene rings is 6. The average Bonchev–Trinajstić information content (AvgIpc) is 3.77. The van der Waals surface area contributed by atoms with Crippen LogP contribution < -0.4 is 26.2 Å². The number of hydrogen-bond acceptors (Lipinski definition) is 2. The van der Waals surface area contributed by atoms with Crippen molar-refractivity contribution in [1.82, 2.24) is 0 Å². The fourth-order valence-corrected chi connectivity index (χ4v) is 10.6. The molecule has 2 heterocycles. The minimum absolute atomic E-state index is 0.145. The van der Waals surface area contributed by atoms with Crippen molar-refractivity contribution in [2.45, 2.75) is 31.1 Å². The molecule has 3 heteroatoms. The molecule has 0 unspecified atom stereocenters. The second-order valence-electron chi connectivity index (χ2n) is 14.0. The summed E-state index contributed by atoms with van der Waals surface area (Å²) in [5, 5.41) is 0. The molecule has 0 amide bonds. The lowest BCUT2D eigenvalue weighted by atomic mass is 9.33. The number of hydrogen-bond donors (Lipinski definition) is 0. The molecule has 5 aliphatic rings. The van der Waals surface area contributed by atoms with Gasteiger partial charge in [-0.2, -0.15) is 0 Å². The Labute approximate surface area is 271 Å². The Morgan fingerprint density at radius 2 is 1.02 bits per heavy atom. The zero-order valence-corrected chi connectivity index (χ0v) is 25.7. The first kappa shape index (κ1) is 25.2. The highest BCUT2D eigenvalue weighted by molar-refractivity contribution is 7.00. The van der Waals surface area contributed by atoms with Gasteiger partial charge in [0.2, 0.25) is 0 Å². The average molecular weight is 589 g/mol. The van der Waals surface area contributed by atoms with E-state index in [9.17, 15) is 0 Å². The van der Waals surface area contributed by atoms with E-state index in [1.54, 1.807) is 11.1 Å². The van der Waals surface area contributed by atoms with Gasteiger partial charge in [-0.1, -0.05) is 91.0 Å². The van der Waals surface area contributed by atoms with Gasteiger partial charge in [-0.25, -0.2) is 0 Å². The maximum atomic E-state index is 2.66. The van der Waals surface area contributed by atoms with Crippen molar-refractivity contribution in [1.29, 1.82) is 0 Å². The van der Waals surface area contributed by atoms with E-state index in [1.165, 1.54) is 87.3 Å². The van der Waals surface area contributed by atoms with E-state index in [2.05, 4.69) is 149 Å². The van der Waals surface area contributed by atoms with Gasteiger partial charge in [0.25, 0.3) is 6.71 Å². The molecule has 218 valence electrons. The summed E-state index contributed by atoms with van der Waals surface area (Å²) in [6.45, 7) is 0.145. The Hall–Kier alpha value is -5.02. The normalized spacial score (nSPS) is 22.4. The molecule has 2 nitrogen and oxygen atoms in total. The molecule has 0 saturated heterocycles. The van der Waals surface area contributed by atoms with Gasteiger partial charge in [0.15, 0.2) is 0 Å². The molecule has 2 aliphatic heterocycles. The summed E-state index contributed by atoms with van der Waals surface area (Å²) in [5.74, 6) is 1.47. The van der Waals surface area contributed by atoms with Crippen molar-refractivity contribution in [3.63, 3.8) is 0 Å². The smallest absolute Gasteiger partial charge is 0.252 e. The number of para-hydroxylation sites is 3. The molecular weight excluding hydrogens is 555 g/mol. The molecule has 0 N–H and O–H groups in total. The molecule has 3 aliphatic carbocycles. The Morgan fingerprint density at radius 3 is 1.72 bits per heavy atom. The summed E-state index contributed by atoms with van der Waals surface area (Å²) in [7, 11) is 0. The van der Waals surface area contributed by atoms with Crippen molar-refractivity contribution in [3.05, 3.63) is 151 Å². The maximum Gasteiger partial charge on any atom is 0.252 e. The first-order chi connectivity index (χ1) is 22.8. The van der Waals surface area contributed by atoms with Crippen molar-refractivity contribution in [3.8, 4) is 11.1 Å². The zero-order valence-electron chi connectivity index (χ0n) is 25.7. The van der Waals surface area contributed by atoms with Crippen LogP contribution in [-0.2, 0) is 5.41 Å². The summed E-state index contributed by atoms with van der Waals surface area (Å²) in [6, 6.07) is 52.7. The van der Waals surface area contributed by atoms with Gasteiger partial charge in [-0.3, -0.25) is 0 Å². The summed E-state index contributed by atoms with van der Waals surface area (Å²) in [4.78, 5) is 5.06. The predicted molar refractivity (Wildman–Crippen MR) is 192 cm³/mol. The van der Waals surface area contributed by atoms with E-state index in [0.717, 1.165) is 11.8 Å². The Bertz CT molecular complexity index is 2190. The van der Waals surface area contributed by atoms with Crippen LogP contribution in [0.2, 0.25) is 0 Å². The van der Waals surface area contributed by atoms with Gasteiger partial charge in [-0.15, -0.1) is 0 Å². The Morgan fingerprint density at radius 1 is 0.457 bits per heavy atom. The summed E-state index contributed by atoms with van der Waals surface area (Å²) < 4.78 is 0. The van der Waals surface area contributed by atoms with Gasteiger partial charge in [-0.05, 0) is 125 Å². The molecule has 0 aromatic heterocycles. The topological polar surface area (TPSA) is 6.48 Å². The lowest BCUT2D eigenvalue weighted by Gasteiger charge is -2.44. The second-order valence-corrected chi connectivity index (χ2v) is 14.0. The molecule has 0 atom stereocenters. The van der Waals surface area contributed by atoms with E-state index in [-0.39, 0.29) is 12.1 Å². The number of rotatable bonds is 2. The lowest BCUT2D eigenvalue weighted by Crippen LogP contribution is -2.61. The highest BCUT2D eigenvalue weighted by Gasteiger charge is 2.60. The van der Waals surface area contributed by atoms with Crippen LogP contribution >= 0.6 is 0 Å². The van der Waals surface area contributed by atoms with E-state index < -0.39 is 0 Å². The quantitative estimate of drug-likeness (QED) is 0.186. The van der Waals surface area contributed by atoms with Crippen LogP contribution in [0.25, 0.3) is 11.1 Å². The van der Waals surface area contributed by atoms with E-state index >= 15 is 0 Å². The molecule has 2 bridgehead atoms. The number of fused-ring (bicyclic) bond motifs is 7. The van der Waals surface area contributed by atoms with Gasteiger partial charge >= 0.3 is 0 Å². The van der Waals surface area contributed by atoms with Crippen LogP contribution in [0, 0.1) is 11.8 Å². The molecule has 11 rings (SSSR count). The van der Waals surface area contributed by atoms with E-state index in [1.807, 2.05) is 0 Å². The fraction of sp³-hybridized carbons (Fsp3) is 0.163. The minimum Gasteiger partial charge on any atom is -0.311 e. The van der Waals surface area contributed by atoms with Crippen molar-refractivity contribution in [2.75, 3.05) is 9.80 Å². The van der Waals surface area contributed by atoms with Crippen LogP contribution in [0.4, 0.5) is 34.1 Å². The third-order valence-electron chi connectivity index (χ3n) is 12.2. The largest absolute Gasteiger partial charge is 0.311 e. The van der Waals surface area contributed by atoms with E-state index in [4.69, 9.17) is 0 Å². The van der Waals surface area contributed by atoms with Crippen molar-refractivity contribution in [2.24, 2.45) is 11.8 Å². The van der Waals surface area contributed by atoms with Crippen LogP contribution in [0.15, 0.2) is 140 Å². The molecule has 6 aromatic rings. The van der Waals surface area contributed by atoms with Crippen LogP contribution in [-0.4, -0.2) is 6.71 Å². The number of anilines is 6. The fourth-order valence-electron chi connectivity index (χ4n) is 10.6. The number of nitrogens with zero attached hydrogens (tertiary/aromatic N) is 2. The maximum absolute atomic E-state index is 2.66. The molecule has 2 saturated carbocycles. The zero-order chi connectivity index (χ0) is 30.0. The highest BCUT2D eigenvalue weighted by Crippen LogP contribution is 2.68. The van der Waals surface area contributed by atoms with E-state index in [0.29, 0.717) is 0 Å². The third-order valence-corrected chi connectivity index (χ3v) is 12.2. The molecule has 0 radical (unpaired) electrons. The Balaban J connectivity index is 1.25. The summed E-state index contributed by atoms with van der Waals surface area (Å²) >= 11 is 0.